The van der Waals surface area contributed by atoms with Gasteiger partial charge in [-0.2, -0.15) is 0 Å². The van der Waals surface area contributed by atoms with Crippen LogP contribution in [0.15, 0.2) is 66.7 Å². The Kier molecular flexibility index (Phi) is 2.73. The molecule has 3 rings (SSSR count). The molecule has 0 saturated carbocycles. The third-order valence-corrected chi connectivity index (χ3v) is 3.23. The van der Waals surface area contributed by atoms with Crippen molar-refractivity contribution in [1.82, 2.24) is 0 Å². The molecule has 0 radical (unpaired) electrons. The number of hydrogen-bond donors (Lipinski definition) is 1. The van der Waals surface area contributed by atoms with E-state index in [2.05, 4.69) is 72.0 Å². The van der Waals surface area contributed by atoms with E-state index >= 15 is 0 Å². The lowest BCUT2D eigenvalue weighted by Gasteiger charge is -2.06. The molecule has 3 aromatic rings. The SMILES string of the molecule is CNc1cccc(-c2ccc3ccccc3c2)c1. The Morgan fingerprint density at radius 1 is 0.667 bits per heavy atom. The van der Waals surface area contributed by atoms with Gasteiger partial charge in [0.2, 0.25) is 0 Å². The molecule has 1 nitrogen and oxygen atoms in total. The average Bonchev–Trinajstić information content (AvgIpc) is 2.47. The van der Waals surface area contributed by atoms with Crippen LogP contribution in [0.5, 0.6) is 0 Å². The van der Waals surface area contributed by atoms with Gasteiger partial charge in [0.15, 0.2) is 0 Å². The number of fused-ring (bicyclic) bond motifs is 1. The molecule has 18 heavy (non-hydrogen) atoms. The van der Waals surface area contributed by atoms with Gasteiger partial charge in [-0.1, -0.05) is 48.5 Å². The smallest absolute Gasteiger partial charge is 0.0343 e. The van der Waals surface area contributed by atoms with Crippen molar-refractivity contribution in [3.05, 3.63) is 66.7 Å². The summed E-state index contributed by atoms with van der Waals surface area (Å²) in [7, 11) is 1.94. The molecule has 0 amide bonds. The van der Waals surface area contributed by atoms with E-state index in [0.717, 1.165) is 5.69 Å². The van der Waals surface area contributed by atoms with Gasteiger partial charge in [-0.15, -0.1) is 0 Å². The van der Waals surface area contributed by atoms with Crippen molar-refractivity contribution < 1.29 is 0 Å². The van der Waals surface area contributed by atoms with E-state index in [1.165, 1.54) is 21.9 Å². The van der Waals surface area contributed by atoms with Gasteiger partial charge in [-0.05, 0) is 40.1 Å². The highest BCUT2D eigenvalue weighted by atomic mass is 14.8. The molecule has 0 unspecified atom stereocenters. The van der Waals surface area contributed by atoms with Crippen LogP contribution in [-0.2, 0) is 0 Å². The number of hydrogen-bond acceptors (Lipinski definition) is 1. The minimum absolute atomic E-state index is 1.14. The van der Waals surface area contributed by atoms with Gasteiger partial charge in [-0.25, -0.2) is 0 Å². The number of anilines is 1. The predicted octanol–water partition coefficient (Wildman–Crippen LogP) is 4.55. The average molecular weight is 233 g/mol. The minimum Gasteiger partial charge on any atom is -0.388 e. The van der Waals surface area contributed by atoms with E-state index < -0.39 is 0 Å². The summed E-state index contributed by atoms with van der Waals surface area (Å²) < 4.78 is 0. The monoisotopic (exact) mass is 233 g/mol. The molecule has 1 N–H and O–H groups in total. The Labute approximate surface area is 107 Å². The van der Waals surface area contributed by atoms with E-state index in [0.29, 0.717) is 0 Å². The van der Waals surface area contributed by atoms with Crippen molar-refractivity contribution in [1.29, 1.82) is 0 Å². The molecule has 0 bridgehead atoms. The number of rotatable bonds is 2. The van der Waals surface area contributed by atoms with Gasteiger partial charge in [0.05, 0.1) is 0 Å². The fourth-order valence-corrected chi connectivity index (χ4v) is 2.22. The molecule has 0 atom stereocenters. The lowest BCUT2D eigenvalue weighted by atomic mass is 10.0. The molecule has 88 valence electrons. The van der Waals surface area contributed by atoms with E-state index in [4.69, 9.17) is 0 Å². The Morgan fingerprint density at radius 2 is 1.44 bits per heavy atom. The normalized spacial score (nSPS) is 10.5. The van der Waals surface area contributed by atoms with Gasteiger partial charge < -0.3 is 5.32 Å². The molecular formula is C17H15N. The molecule has 1 heteroatoms. The van der Waals surface area contributed by atoms with Crippen molar-refractivity contribution in [2.45, 2.75) is 0 Å². The molecule has 0 spiro atoms. The fraction of sp³-hybridized carbons (Fsp3) is 0.0588. The van der Waals surface area contributed by atoms with Gasteiger partial charge >= 0.3 is 0 Å². The van der Waals surface area contributed by atoms with Crippen molar-refractivity contribution in [2.75, 3.05) is 12.4 Å². The van der Waals surface area contributed by atoms with E-state index in [-0.39, 0.29) is 0 Å². The standard InChI is InChI=1S/C17H15N/c1-18-17-8-4-7-15(12-17)16-10-9-13-5-2-3-6-14(13)11-16/h2-12,18H,1H3. The van der Waals surface area contributed by atoms with Crippen LogP contribution in [-0.4, -0.2) is 7.05 Å². The Balaban J connectivity index is 2.13. The van der Waals surface area contributed by atoms with Gasteiger partial charge in [0.25, 0.3) is 0 Å². The van der Waals surface area contributed by atoms with Crippen LogP contribution in [0, 0.1) is 0 Å². The largest absolute Gasteiger partial charge is 0.388 e. The zero-order chi connectivity index (χ0) is 12.4. The highest BCUT2D eigenvalue weighted by molar-refractivity contribution is 5.87. The third-order valence-electron chi connectivity index (χ3n) is 3.23. The summed E-state index contributed by atoms with van der Waals surface area (Å²) in [4.78, 5) is 0. The van der Waals surface area contributed by atoms with Crippen molar-refractivity contribution in [3.8, 4) is 11.1 Å². The Hall–Kier alpha value is -2.28. The third kappa shape index (κ3) is 1.95. The molecular weight excluding hydrogens is 218 g/mol. The minimum atomic E-state index is 1.14. The summed E-state index contributed by atoms with van der Waals surface area (Å²) in [6, 6.07) is 23.5. The molecule has 0 aliphatic rings. The second-order valence-corrected chi connectivity index (χ2v) is 4.39. The summed E-state index contributed by atoms with van der Waals surface area (Å²) >= 11 is 0. The zero-order valence-electron chi connectivity index (χ0n) is 10.4. The molecule has 0 saturated heterocycles. The first-order chi connectivity index (χ1) is 8.86. The summed E-state index contributed by atoms with van der Waals surface area (Å²) in [5.74, 6) is 0. The van der Waals surface area contributed by atoms with Crippen LogP contribution < -0.4 is 5.32 Å². The van der Waals surface area contributed by atoms with Crippen LogP contribution in [0.4, 0.5) is 5.69 Å². The highest BCUT2D eigenvalue weighted by Crippen LogP contribution is 2.26. The van der Waals surface area contributed by atoms with Gasteiger partial charge in [0, 0.05) is 12.7 Å². The Morgan fingerprint density at radius 3 is 2.28 bits per heavy atom. The summed E-state index contributed by atoms with van der Waals surface area (Å²) in [5.41, 5.74) is 3.64. The number of nitrogens with one attached hydrogen (secondary N) is 1. The van der Waals surface area contributed by atoms with E-state index in [9.17, 15) is 0 Å². The first kappa shape index (κ1) is 10.8. The fourth-order valence-electron chi connectivity index (χ4n) is 2.22. The second kappa shape index (κ2) is 4.53. The Bertz CT molecular complexity index is 686. The van der Waals surface area contributed by atoms with Crippen molar-refractivity contribution >= 4 is 16.5 Å². The van der Waals surface area contributed by atoms with Crippen molar-refractivity contribution in [3.63, 3.8) is 0 Å². The first-order valence-corrected chi connectivity index (χ1v) is 6.14. The van der Waals surface area contributed by atoms with E-state index in [1.54, 1.807) is 0 Å². The quantitative estimate of drug-likeness (QED) is 0.684. The van der Waals surface area contributed by atoms with Crippen LogP contribution in [0.2, 0.25) is 0 Å². The zero-order valence-corrected chi connectivity index (χ0v) is 10.4. The van der Waals surface area contributed by atoms with Crippen molar-refractivity contribution in [2.24, 2.45) is 0 Å². The number of benzene rings is 3. The molecule has 0 aromatic heterocycles. The highest BCUT2D eigenvalue weighted by Gasteiger charge is 2.00. The summed E-state index contributed by atoms with van der Waals surface area (Å²) in [6.45, 7) is 0. The molecule has 3 aromatic carbocycles. The van der Waals surface area contributed by atoms with Crippen LogP contribution >= 0.6 is 0 Å². The summed E-state index contributed by atoms with van der Waals surface area (Å²) in [5, 5.41) is 5.74. The maximum absolute atomic E-state index is 3.17. The van der Waals surface area contributed by atoms with Crippen LogP contribution in [0.25, 0.3) is 21.9 Å². The maximum atomic E-state index is 3.17. The first-order valence-electron chi connectivity index (χ1n) is 6.14. The van der Waals surface area contributed by atoms with Gasteiger partial charge in [0.1, 0.15) is 0 Å². The van der Waals surface area contributed by atoms with Crippen LogP contribution in [0.3, 0.4) is 0 Å². The van der Waals surface area contributed by atoms with Crippen LogP contribution in [0.1, 0.15) is 0 Å². The second-order valence-electron chi connectivity index (χ2n) is 4.39. The molecule has 0 fully saturated rings. The maximum Gasteiger partial charge on any atom is 0.0343 e. The molecule has 0 aliphatic carbocycles. The molecule has 0 aliphatic heterocycles. The topological polar surface area (TPSA) is 12.0 Å². The predicted molar refractivity (Wildman–Crippen MR) is 78.9 cm³/mol. The summed E-state index contributed by atoms with van der Waals surface area (Å²) in [6.07, 6.45) is 0. The molecule has 0 heterocycles. The van der Waals surface area contributed by atoms with E-state index in [1.807, 2.05) is 7.05 Å². The lowest BCUT2D eigenvalue weighted by Crippen LogP contribution is -1.87. The lowest BCUT2D eigenvalue weighted by molar-refractivity contribution is 1.51. The van der Waals surface area contributed by atoms with Gasteiger partial charge in [-0.3, -0.25) is 0 Å².